The summed E-state index contributed by atoms with van der Waals surface area (Å²) in [6.45, 7) is 10.1. The summed E-state index contributed by atoms with van der Waals surface area (Å²) in [6.07, 6.45) is 1.43. The van der Waals surface area contributed by atoms with E-state index in [0.29, 0.717) is 13.0 Å². The van der Waals surface area contributed by atoms with Crippen LogP contribution in [0.5, 0.6) is 0 Å². The molecule has 0 aliphatic carbocycles. The first-order valence-electron chi connectivity index (χ1n) is 12.5. The quantitative estimate of drug-likeness (QED) is 0.420. The molecule has 3 aliphatic rings. The second-order valence-corrected chi connectivity index (χ2v) is 13.2. The number of nitrogens with zero attached hydrogens (tertiary/aromatic N) is 1. The van der Waals surface area contributed by atoms with Gasteiger partial charge in [-0.05, 0) is 43.7 Å². The first-order valence-corrected chi connectivity index (χ1v) is 14.3. The normalized spacial score (nSPS) is 32.2. The molecule has 0 saturated carbocycles. The van der Waals surface area contributed by atoms with Crippen LogP contribution in [-0.4, -0.2) is 67.8 Å². The summed E-state index contributed by atoms with van der Waals surface area (Å²) >= 11 is 5.40. The molecule has 4 rings (SSSR count). The third-order valence-electron chi connectivity index (χ3n) is 7.87. The smallest absolute Gasteiger partial charge is 0.248 e. The van der Waals surface area contributed by atoms with Gasteiger partial charge in [0.05, 0.1) is 29.2 Å². The van der Waals surface area contributed by atoms with Crippen molar-refractivity contribution in [3.8, 4) is 0 Å². The first kappa shape index (κ1) is 26.5. The van der Waals surface area contributed by atoms with Crippen LogP contribution in [0.4, 0.5) is 5.69 Å². The predicted octanol–water partition coefficient (Wildman–Crippen LogP) is 3.25. The summed E-state index contributed by atoms with van der Waals surface area (Å²) < 4.78 is -0.729. The SMILES string of the molecule is CCCNC(=O)[C@H]1[C@H]2C(=O)N([C@@H](CO)C(C)C)C(C(=O)Nc3c(C)cccc3C)C23CC(Br)[C@@H]1S3. The van der Waals surface area contributed by atoms with Crippen molar-refractivity contribution in [3.05, 3.63) is 29.3 Å². The average molecular weight is 567 g/mol. The Labute approximate surface area is 220 Å². The number of likely N-dealkylation sites (tertiary alicyclic amines) is 1. The highest BCUT2D eigenvalue weighted by Crippen LogP contribution is 2.68. The maximum Gasteiger partial charge on any atom is 0.248 e. The van der Waals surface area contributed by atoms with Crippen molar-refractivity contribution in [3.63, 3.8) is 0 Å². The van der Waals surface area contributed by atoms with Crippen molar-refractivity contribution < 1.29 is 19.5 Å². The first-order chi connectivity index (χ1) is 16.6. The number of carbonyl (C=O) groups is 3. The second-order valence-electron chi connectivity index (χ2n) is 10.5. The summed E-state index contributed by atoms with van der Waals surface area (Å²) in [5, 5.41) is 16.4. The molecule has 1 aromatic rings. The van der Waals surface area contributed by atoms with Crippen LogP contribution in [0.25, 0.3) is 0 Å². The molecule has 9 heteroatoms. The number of carbonyl (C=O) groups excluding carboxylic acids is 3. The van der Waals surface area contributed by atoms with Gasteiger partial charge in [-0.25, -0.2) is 0 Å². The van der Waals surface area contributed by atoms with Gasteiger partial charge in [0.25, 0.3) is 0 Å². The lowest BCUT2D eigenvalue weighted by atomic mass is 9.70. The van der Waals surface area contributed by atoms with E-state index in [2.05, 4.69) is 26.6 Å². The van der Waals surface area contributed by atoms with Gasteiger partial charge in [-0.3, -0.25) is 14.4 Å². The number of thioether (sulfide) groups is 1. The molecule has 192 valence electrons. The molecule has 3 amide bonds. The van der Waals surface area contributed by atoms with Gasteiger partial charge in [-0.2, -0.15) is 0 Å². The Morgan fingerprint density at radius 3 is 2.49 bits per heavy atom. The number of halogens is 1. The lowest BCUT2D eigenvalue weighted by Crippen LogP contribution is -2.56. The maximum absolute atomic E-state index is 14.1. The molecule has 7 nitrogen and oxygen atoms in total. The van der Waals surface area contributed by atoms with E-state index in [1.807, 2.05) is 52.8 Å². The molecule has 3 aliphatic heterocycles. The topological polar surface area (TPSA) is 98.7 Å². The Kier molecular flexibility index (Phi) is 7.61. The van der Waals surface area contributed by atoms with Gasteiger partial charge < -0.3 is 20.6 Å². The molecule has 3 heterocycles. The summed E-state index contributed by atoms with van der Waals surface area (Å²) in [7, 11) is 0. The van der Waals surface area contributed by atoms with E-state index in [0.717, 1.165) is 23.2 Å². The fraction of sp³-hybridized carbons (Fsp3) is 0.654. The van der Waals surface area contributed by atoms with Gasteiger partial charge in [0.15, 0.2) is 0 Å². The number of aryl methyl sites for hydroxylation is 2. The van der Waals surface area contributed by atoms with Crippen LogP contribution in [0.2, 0.25) is 0 Å². The van der Waals surface area contributed by atoms with E-state index in [4.69, 9.17) is 0 Å². The molecule has 1 aromatic carbocycles. The van der Waals surface area contributed by atoms with Crippen LogP contribution < -0.4 is 10.6 Å². The van der Waals surface area contributed by atoms with Gasteiger partial charge in [0.2, 0.25) is 17.7 Å². The van der Waals surface area contributed by atoms with E-state index in [1.54, 1.807) is 16.7 Å². The zero-order valence-electron chi connectivity index (χ0n) is 21.0. The minimum Gasteiger partial charge on any atom is -0.394 e. The van der Waals surface area contributed by atoms with Crippen molar-refractivity contribution in [2.24, 2.45) is 17.8 Å². The minimum absolute atomic E-state index is 0.0241. The summed E-state index contributed by atoms with van der Waals surface area (Å²) in [6, 6.07) is 4.56. The summed E-state index contributed by atoms with van der Waals surface area (Å²) in [4.78, 5) is 43.1. The number of aliphatic hydroxyl groups is 1. The largest absolute Gasteiger partial charge is 0.394 e. The maximum atomic E-state index is 14.1. The zero-order chi connectivity index (χ0) is 25.7. The number of hydrogen-bond donors (Lipinski definition) is 3. The fourth-order valence-electron chi connectivity index (χ4n) is 6.21. The highest BCUT2D eigenvalue weighted by atomic mass is 79.9. The molecular weight excluding hydrogens is 530 g/mol. The van der Waals surface area contributed by atoms with Gasteiger partial charge in [0.1, 0.15) is 6.04 Å². The number of amides is 3. The van der Waals surface area contributed by atoms with Crippen LogP contribution >= 0.6 is 27.7 Å². The molecule has 3 fully saturated rings. The number of benzene rings is 1. The van der Waals surface area contributed by atoms with E-state index < -0.39 is 28.7 Å². The molecule has 0 radical (unpaired) electrons. The Hall–Kier alpha value is -1.58. The average Bonchev–Trinajstić information content (AvgIpc) is 3.39. The van der Waals surface area contributed by atoms with Gasteiger partial charge in [0, 0.05) is 22.3 Å². The van der Waals surface area contributed by atoms with Gasteiger partial charge in [-0.15, -0.1) is 11.8 Å². The van der Waals surface area contributed by atoms with Crippen molar-refractivity contribution >= 4 is 51.1 Å². The number of para-hydroxylation sites is 1. The molecule has 2 bridgehead atoms. The standard InChI is InChI=1S/C26H36BrN3O4S/c1-6-10-28-23(32)18-19-25(34)30(17(12-31)13(2)3)22(26(19)11-16(27)21(18)35-26)24(33)29-20-14(4)8-7-9-15(20)5/h7-9,13,16-19,21-22,31H,6,10-12H2,1-5H3,(H,28,32)(H,29,33)/t16?,17-,18-,19-,21-,22?,26?/m0/s1. The van der Waals surface area contributed by atoms with Crippen LogP contribution in [0.1, 0.15) is 44.7 Å². The molecule has 3 N–H and O–H groups in total. The van der Waals surface area contributed by atoms with Crippen LogP contribution in [-0.2, 0) is 14.4 Å². The number of anilines is 1. The number of hydrogen-bond acceptors (Lipinski definition) is 5. The molecule has 7 atom stereocenters. The highest BCUT2D eigenvalue weighted by molar-refractivity contribution is 9.09. The van der Waals surface area contributed by atoms with Gasteiger partial charge in [-0.1, -0.05) is 54.9 Å². The van der Waals surface area contributed by atoms with Gasteiger partial charge >= 0.3 is 0 Å². The van der Waals surface area contributed by atoms with Crippen molar-refractivity contribution in [2.45, 2.75) is 74.4 Å². The third kappa shape index (κ3) is 4.21. The molecule has 3 saturated heterocycles. The van der Waals surface area contributed by atoms with E-state index >= 15 is 0 Å². The number of rotatable bonds is 8. The predicted molar refractivity (Wildman–Crippen MR) is 143 cm³/mol. The van der Waals surface area contributed by atoms with Crippen LogP contribution in [0.15, 0.2) is 18.2 Å². The number of aliphatic hydroxyl groups excluding tert-OH is 1. The van der Waals surface area contributed by atoms with Crippen molar-refractivity contribution in [1.82, 2.24) is 10.2 Å². The molecular formula is C26H36BrN3O4S. The highest BCUT2D eigenvalue weighted by Gasteiger charge is 2.76. The Balaban J connectivity index is 1.79. The minimum atomic E-state index is -0.780. The van der Waals surface area contributed by atoms with Crippen molar-refractivity contribution in [2.75, 3.05) is 18.5 Å². The molecule has 35 heavy (non-hydrogen) atoms. The van der Waals surface area contributed by atoms with Crippen LogP contribution in [0, 0.1) is 31.6 Å². The summed E-state index contributed by atoms with van der Waals surface area (Å²) in [5.41, 5.74) is 2.65. The third-order valence-corrected chi connectivity index (χ3v) is 11.1. The molecule has 0 aromatic heterocycles. The number of alkyl halides is 1. The molecule has 3 unspecified atom stereocenters. The van der Waals surface area contributed by atoms with E-state index in [1.165, 1.54) is 0 Å². The molecule has 1 spiro atoms. The Morgan fingerprint density at radius 2 is 1.91 bits per heavy atom. The van der Waals surface area contributed by atoms with E-state index in [-0.39, 0.29) is 40.3 Å². The lowest BCUT2D eigenvalue weighted by Gasteiger charge is -2.38. The fourth-order valence-corrected chi connectivity index (χ4v) is 9.81. The lowest BCUT2D eigenvalue weighted by molar-refractivity contribution is -0.142. The van der Waals surface area contributed by atoms with E-state index in [9.17, 15) is 19.5 Å². The summed E-state index contributed by atoms with van der Waals surface area (Å²) in [5.74, 6) is -1.71. The van der Waals surface area contributed by atoms with Crippen LogP contribution in [0.3, 0.4) is 0 Å². The monoisotopic (exact) mass is 565 g/mol. The van der Waals surface area contributed by atoms with Crippen molar-refractivity contribution in [1.29, 1.82) is 0 Å². The Morgan fingerprint density at radius 1 is 1.26 bits per heavy atom. The zero-order valence-corrected chi connectivity index (χ0v) is 23.4. The second kappa shape index (κ2) is 10.1. The number of nitrogens with one attached hydrogen (secondary N) is 2. The number of fused-ring (bicyclic) bond motifs is 1. The Bertz CT molecular complexity index is 1000.